The highest BCUT2D eigenvalue weighted by Gasteiger charge is 2.42. The molecule has 0 heterocycles. The van der Waals surface area contributed by atoms with E-state index >= 15 is 0 Å². The molecule has 0 spiro atoms. The van der Waals surface area contributed by atoms with Crippen molar-refractivity contribution in [3.63, 3.8) is 0 Å². The van der Waals surface area contributed by atoms with Crippen LogP contribution in [0.1, 0.15) is 85.5 Å². The Morgan fingerprint density at radius 1 is 1.00 bits per heavy atom. The van der Waals surface area contributed by atoms with Crippen molar-refractivity contribution in [2.45, 2.75) is 85.5 Å². The number of rotatable bonds is 11. The van der Waals surface area contributed by atoms with Crippen LogP contribution < -0.4 is 0 Å². The largest absolute Gasteiger partial charge is 0.762 e. The van der Waals surface area contributed by atoms with Gasteiger partial charge in [0.05, 0.1) is 5.41 Å². The number of hydrogen-bond donors (Lipinski definition) is 1. The van der Waals surface area contributed by atoms with Gasteiger partial charge in [0.1, 0.15) is 0 Å². The van der Waals surface area contributed by atoms with Crippen molar-refractivity contribution in [2.24, 2.45) is 11.3 Å². The van der Waals surface area contributed by atoms with Crippen molar-refractivity contribution in [3.8, 4) is 0 Å². The Morgan fingerprint density at radius 2 is 1.50 bits per heavy atom. The fourth-order valence-electron chi connectivity index (χ4n) is 3.09. The van der Waals surface area contributed by atoms with Crippen LogP contribution in [-0.4, -0.2) is 18.6 Å². The van der Waals surface area contributed by atoms with Crippen LogP contribution in [0.5, 0.6) is 0 Å². The van der Waals surface area contributed by atoms with Gasteiger partial charge in [0, 0.05) is 0 Å². The lowest BCUT2D eigenvalue weighted by atomic mass is 9.66. The molecular weight excluding hydrogens is 292 g/mol. The molecule has 132 valence electrons. The van der Waals surface area contributed by atoms with Crippen LogP contribution in [0.3, 0.4) is 0 Å². The van der Waals surface area contributed by atoms with E-state index in [1.165, 1.54) is 0 Å². The first-order valence-corrected chi connectivity index (χ1v) is 8.47. The summed E-state index contributed by atoms with van der Waals surface area (Å²) >= 11 is 0. The quantitative estimate of drug-likeness (QED) is 0.463. The molecule has 0 aliphatic heterocycles. The second kappa shape index (κ2) is 14.0. The lowest BCUT2D eigenvalue weighted by Gasteiger charge is -2.37. The van der Waals surface area contributed by atoms with Gasteiger partial charge in [0.15, 0.2) is 0 Å². The minimum Gasteiger partial charge on any atom is -0.481 e. The van der Waals surface area contributed by atoms with Gasteiger partial charge in [-0.2, -0.15) is 0 Å². The molecule has 0 aromatic carbocycles. The number of carbonyl (C=O) groups is 1. The Kier molecular flexibility index (Phi) is 15.0. The van der Waals surface area contributed by atoms with Gasteiger partial charge in [-0.05, 0) is 31.6 Å². The molecule has 0 saturated carbocycles. The highest BCUT2D eigenvalue weighted by atomic mass is 19.4. The molecule has 1 N–H and O–H groups in total. The van der Waals surface area contributed by atoms with E-state index in [1.807, 2.05) is 0 Å². The number of halogens is 3. The topological polar surface area (TPSA) is 37.3 Å². The van der Waals surface area contributed by atoms with Crippen molar-refractivity contribution < 1.29 is 22.8 Å². The van der Waals surface area contributed by atoms with E-state index in [0.29, 0.717) is 5.92 Å². The number of carboxylic acids is 1. The van der Waals surface area contributed by atoms with E-state index in [4.69, 9.17) is 0 Å². The van der Waals surface area contributed by atoms with Crippen LogP contribution in [0, 0.1) is 11.3 Å². The predicted molar refractivity (Wildman–Crippen MR) is 86.9 cm³/mol. The van der Waals surface area contributed by atoms with Gasteiger partial charge in [-0.1, -0.05) is 59.8 Å². The van der Waals surface area contributed by atoms with Gasteiger partial charge in [0.2, 0.25) is 0 Å². The first kappa shape index (κ1) is 23.6. The second-order valence-electron chi connectivity index (χ2n) is 5.79. The maximum Gasteiger partial charge on any atom is 0.762 e. The lowest BCUT2D eigenvalue weighted by molar-refractivity contribution is -0.154. The zero-order chi connectivity index (χ0) is 17.6. The maximum atomic E-state index is 11.8. The molecule has 0 radical (unpaired) electrons. The zero-order valence-electron chi connectivity index (χ0n) is 14.5. The average molecular weight is 324 g/mol. The van der Waals surface area contributed by atoms with Crippen molar-refractivity contribution in [2.75, 3.05) is 0 Å². The number of aliphatic carboxylic acids is 1. The van der Waals surface area contributed by atoms with Gasteiger partial charge in [0.25, 0.3) is 0 Å². The summed E-state index contributed by atoms with van der Waals surface area (Å²) in [6.07, 6.45) is 9.29. The monoisotopic (exact) mass is 324 g/mol. The molecule has 0 aromatic heterocycles. The van der Waals surface area contributed by atoms with Crippen LogP contribution in [0.25, 0.3) is 0 Å². The van der Waals surface area contributed by atoms with Crippen molar-refractivity contribution >= 4 is 13.5 Å². The van der Waals surface area contributed by atoms with Gasteiger partial charge >= 0.3 is 13.5 Å². The molecule has 2 unspecified atom stereocenters. The van der Waals surface area contributed by atoms with Crippen LogP contribution in [0.4, 0.5) is 12.9 Å². The Hall–Kier alpha value is -0.675. The molecule has 6 heteroatoms. The molecule has 0 fully saturated rings. The molecule has 2 nitrogen and oxygen atoms in total. The third kappa shape index (κ3) is 9.36. The highest BCUT2D eigenvalue weighted by Crippen LogP contribution is 2.42. The van der Waals surface area contributed by atoms with Crippen LogP contribution >= 0.6 is 0 Å². The molecule has 2 atom stereocenters. The van der Waals surface area contributed by atoms with Crippen LogP contribution in [-0.2, 0) is 4.79 Å². The van der Waals surface area contributed by atoms with Gasteiger partial charge < -0.3 is 5.11 Å². The fourth-order valence-corrected chi connectivity index (χ4v) is 3.09. The van der Waals surface area contributed by atoms with E-state index in [2.05, 4.69) is 27.7 Å². The molecule has 0 amide bonds. The smallest absolute Gasteiger partial charge is 0.481 e. The molecule has 0 aliphatic carbocycles. The second-order valence-corrected chi connectivity index (χ2v) is 5.79. The average Bonchev–Trinajstić information content (AvgIpc) is 2.44. The molecule has 22 heavy (non-hydrogen) atoms. The summed E-state index contributed by atoms with van der Waals surface area (Å²) in [7, 11) is -3.67. The SMILES string of the molecule is CCCCC(CCC)C(CC)(CCCC)C(=O)O.FB(F)F. The molecule has 0 bridgehead atoms. The summed E-state index contributed by atoms with van der Waals surface area (Å²) in [5.41, 5.74) is -0.471. The zero-order valence-corrected chi connectivity index (χ0v) is 14.5. The minimum absolute atomic E-state index is 0.358. The molecule has 0 aromatic rings. The highest BCUT2D eigenvalue weighted by molar-refractivity contribution is 6.33. The summed E-state index contributed by atoms with van der Waals surface area (Å²) < 4.78 is 29.0. The van der Waals surface area contributed by atoms with Gasteiger partial charge in [-0.25, -0.2) is 0 Å². The molecule has 0 rings (SSSR count). The lowest BCUT2D eigenvalue weighted by Crippen LogP contribution is -2.38. The van der Waals surface area contributed by atoms with Crippen LogP contribution in [0.15, 0.2) is 0 Å². The number of unbranched alkanes of at least 4 members (excludes halogenated alkanes) is 2. The molecular formula is C16H32BF3O2. The van der Waals surface area contributed by atoms with E-state index in [0.717, 1.165) is 57.8 Å². The first-order chi connectivity index (χ1) is 10.3. The first-order valence-electron chi connectivity index (χ1n) is 8.47. The third-order valence-corrected chi connectivity index (χ3v) is 4.36. The Morgan fingerprint density at radius 3 is 1.82 bits per heavy atom. The Bertz CT molecular complexity index is 275. The summed E-state index contributed by atoms with van der Waals surface area (Å²) in [6, 6.07) is 0. The predicted octanol–water partition coefficient (Wildman–Crippen LogP) is 6.14. The summed E-state index contributed by atoms with van der Waals surface area (Å²) in [4.78, 5) is 11.8. The third-order valence-electron chi connectivity index (χ3n) is 4.36. The number of hydrogen-bond acceptors (Lipinski definition) is 1. The van der Waals surface area contributed by atoms with E-state index < -0.39 is 18.9 Å². The summed E-state index contributed by atoms with van der Waals surface area (Å²) in [5.74, 6) is -0.204. The van der Waals surface area contributed by atoms with Crippen molar-refractivity contribution in [3.05, 3.63) is 0 Å². The van der Waals surface area contributed by atoms with E-state index in [-0.39, 0.29) is 0 Å². The van der Waals surface area contributed by atoms with Crippen LogP contribution in [0.2, 0.25) is 0 Å². The van der Waals surface area contributed by atoms with Gasteiger partial charge in [-0.3, -0.25) is 17.7 Å². The molecule has 0 aliphatic rings. The minimum atomic E-state index is -3.67. The summed E-state index contributed by atoms with van der Waals surface area (Å²) in [5, 5.41) is 9.75. The van der Waals surface area contributed by atoms with Crippen molar-refractivity contribution in [1.29, 1.82) is 0 Å². The Balaban J connectivity index is 0. The molecule has 0 saturated heterocycles. The van der Waals surface area contributed by atoms with Gasteiger partial charge in [-0.15, -0.1) is 0 Å². The Labute approximate surface area is 134 Å². The standard InChI is InChI=1S/C16H32O2.BF3/c1-5-9-12-14(11-7-3)16(8-4,15(17)18)13-10-6-2;2-1(3)4/h14H,5-13H2,1-4H3,(H,17,18);. The van der Waals surface area contributed by atoms with E-state index in [9.17, 15) is 22.8 Å². The summed E-state index contributed by atoms with van der Waals surface area (Å²) in [6.45, 7) is 8.55. The van der Waals surface area contributed by atoms with Crippen molar-refractivity contribution in [1.82, 2.24) is 0 Å². The fraction of sp³-hybridized carbons (Fsp3) is 0.938. The number of carboxylic acid groups (broad SMARTS) is 1. The normalized spacial score (nSPS) is 14.5. The maximum absolute atomic E-state index is 11.8. The van der Waals surface area contributed by atoms with E-state index in [1.54, 1.807) is 0 Å².